The third-order valence-electron chi connectivity index (χ3n) is 4.80. The van der Waals surface area contributed by atoms with Crippen LogP contribution in [0.15, 0.2) is 51.0 Å². The van der Waals surface area contributed by atoms with Crippen molar-refractivity contribution in [2.45, 2.75) is 13.8 Å². The SMILES string of the molecule is Cc1cccc(-n2[nH]c(C)c(C=Nc3cc4[nH]c(=O)[nH]c4cc3N(C)C)c2=O)c1. The zero-order valence-corrected chi connectivity index (χ0v) is 16.7. The van der Waals surface area contributed by atoms with E-state index in [2.05, 4.69) is 20.1 Å². The molecule has 148 valence electrons. The molecule has 0 aliphatic rings. The molecule has 4 rings (SSSR count). The largest absolute Gasteiger partial charge is 0.376 e. The van der Waals surface area contributed by atoms with Gasteiger partial charge in [-0.3, -0.25) is 14.9 Å². The first-order chi connectivity index (χ1) is 13.8. The third kappa shape index (κ3) is 3.40. The van der Waals surface area contributed by atoms with Crippen LogP contribution in [0, 0.1) is 13.8 Å². The van der Waals surface area contributed by atoms with E-state index < -0.39 is 0 Å². The van der Waals surface area contributed by atoms with Gasteiger partial charge in [0.1, 0.15) is 0 Å². The first-order valence-electron chi connectivity index (χ1n) is 9.19. The zero-order valence-electron chi connectivity index (χ0n) is 16.7. The van der Waals surface area contributed by atoms with E-state index in [4.69, 9.17) is 0 Å². The van der Waals surface area contributed by atoms with Crippen molar-refractivity contribution in [2.24, 2.45) is 4.99 Å². The van der Waals surface area contributed by atoms with Crippen LogP contribution in [-0.2, 0) is 0 Å². The maximum atomic E-state index is 12.9. The number of anilines is 1. The van der Waals surface area contributed by atoms with Gasteiger partial charge >= 0.3 is 5.69 Å². The Kier molecular flexibility index (Phi) is 4.46. The fourth-order valence-electron chi connectivity index (χ4n) is 3.32. The molecule has 4 aromatic rings. The molecule has 0 atom stereocenters. The fraction of sp³-hybridized carbons (Fsp3) is 0.190. The first kappa shape index (κ1) is 18.5. The van der Waals surface area contributed by atoms with Crippen LogP contribution in [-0.4, -0.2) is 40.1 Å². The van der Waals surface area contributed by atoms with Crippen molar-refractivity contribution in [3.63, 3.8) is 0 Å². The highest BCUT2D eigenvalue weighted by Crippen LogP contribution is 2.30. The van der Waals surface area contributed by atoms with E-state index in [0.717, 1.165) is 22.6 Å². The highest BCUT2D eigenvalue weighted by atomic mass is 16.1. The smallest absolute Gasteiger partial charge is 0.323 e. The van der Waals surface area contributed by atoms with E-state index in [-0.39, 0.29) is 11.2 Å². The maximum Gasteiger partial charge on any atom is 0.323 e. The number of aromatic nitrogens is 4. The molecule has 0 aliphatic carbocycles. The second kappa shape index (κ2) is 6.97. The van der Waals surface area contributed by atoms with E-state index >= 15 is 0 Å². The molecular formula is C21H22N6O2. The number of benzene rings is 2. The number of hydrogen-bond donors (Lipinski definition) is 3. The molecule has 8 heteroatoms. The minimum Gasteiger partial charge on any atom is -0.376 e. The standard InChI is InChI=1S/C21H22N6O2/c1-12-6-5-7-14(8-12)27-20(28)15(13(2)25-27)11-22-18-9-16-17(24-21(29)23-16)10-19(18)26(3)4/h5-11,25H,1-4H3,(H2,23,24,29). The predicted octanol–water partition coefficient (Wildman–Crippen LogP) is 2.77. The fourth-order valence-corrected chi connectivity index (χ4v) is 3.32. The van der Waals surface area contributed by atoms with E-state index in [1.165, 1.54) is 4.68 Å². The van der Waals surface area contributed by atoms with Gasteiger partial charge in [0, 0.05) is 26.0 Å². The summed E-state index contributed by atoms with van der Waals surface area (Å²) in [5, 5.41) is 3.11. The van der Waals surface area contributed by atoms with Crippen LogP contribution >= 0.6 is 0 Å². The Morgan fingerprint density at radius 3 is 2.45 bits per heavy atom. The number of aromatic amines is 3. The minimum absolute atomic E-state index is 0.167. The van der Waals surface area contributed by atoms with Crippen molar-refractivity contribution in [2.75, 3.05) is 19.0 Å². The molecule has 0 saturated carbocycles. The number of rotatable bonds is 4. The van der Waals surface area contributed by atoms with Gasteiger partial charge in [-0.2, -0.15) is 0 Å². The summed E-state index contributed by atoms with van der Waals surface area (Å²) in [5.41, 5.74) is 5.47. The van der Waals surface area contributed by atoms with Crippen LogP contribution in [0.25, 0.3) is 16.7 Å². The van der Waals surface area contributed by atoms with Crippen LogP contribution in [0.1, 0.15) is 16.8 Å². The van der Waals surface area contributed by atoms with Crippen molar-refractivity contribution in [1.82, 2.24) is 19.7 Å². The Hall–Kier alpha value is -3.81. The summed E-state index contributed by atoms with van der Waals surface area (Å²) < 4.78 is 1.52. The topological polar surface area (TPSA) is 102 Å². The Morgan fingerprint density at radius 2 is 1.76 bits per heavy atom. The van der Waals surface area contributed by atoms with Gasteiger partial charge in [-0.25, -0.2) is 9.48 Å². The molecule has 0 fully saturated rings. The van der Waals surface area contributed by atoms with E-state index in [0.29, 0.717) is 22.3 Å². The molecule has 0 amide bonds. The third-order valence-corrected chi connectivity index (χ3v) is 4.80. The minimum atomic E-state index is -0.270. The normalized spacial score (nSPS) is 11.6. The summed E-state index contributed by atoms with van der Waals surface area (Å²) in [7, 11) is 3.80. The molecule has 0 saturated heterocycles. The summed E-state index contributed by atoms with van der Waals surface area (Å²) in [6.07, 6.45) is 1.57. The van der Waals surface area contributed by atoms with Gasteiger partial charge in [-0.1, -0.05) is 12.1 Å². The number of hydrogen-bond acceptors (Lipinski definition) is 4. The Bertz CT molecular complexity index is 1350. The molecule has 0 spiro atoms. The van der Waals surface area contributed by atoms with Gasteiger partial charge in [-0.05, 0) is 43.7 Å². The molecule has 3 N–H and O–H groups in total. The van der Waals surface area contributed by atoms with Crippen molar-refractivity contribution in [3.05, 3.63) is 74.1 Å². The van der Waals surface area contributed by atoms with Crippen molar-refractivity contribution >= 4 is 28.6 Å². The van der Waals surface area contributed by atoms with Gasteiger partial charge in [0.05, 0.1) is 33.7 Å². The van der Waals surface area contributed by atoms with E-state index in [1.807, 2.05) is 63.2 Å². The summed E-state index contributed by atoms with van der Waals surface area (Å²) in [6, 6.07) is 11.4. The lowest BCUT2D eigenvalue weighted by molar-refractivity contribution is 0.834. The summed E-state index contributed by atoms with van der Waals surface area (Å²) in [6.45, 7) is 3.83. The lowest BCUT2D eigenvalue weighted by atomic mass is 10.2. The summed E-state index contributed by atoms with van der Waals surface area (Å²) >= 11 is 0. The lowest BCUT2D eigenvalue weighted by Gasteiger charge is -2.15. The molecule has 8 nitrogen and oxygen atoms in total. The molecule has 29 heavy (non-hydrogen) atoms. The second-order valence-corrected chi connectivity index (χ2v) is 7.25. The van der Waals surface area contributed by atoms with Crippen molar-refractivity contribution in [1.29, 1.82) is 0 Å². The predicted molar refractivity (Wildman–Crippen MR) is 116 cm³/mol. The van der Waals surface area contributed by atoms with Crippen molar-refractivity contribution in [3.8, 4) is 5.69 Å². The number of fused-ring (bicyclic) bond motifs is 1. The first-order valence-corrected chi connectivity index (χ1v) is 9.19. The van der Waals surface area contributed by atoms with Crippen LogP contribution in [0.4, 0.5) is 11.4 Å². The Morgan fingerprint density at radius 1 is 1.03 bits per heavy atom. The van der Waals surface area contributed by atoms with Crippen molar-refractivity contribution < 1.29 is 0 Å². The van der Waals surface area contributed by atoms with Crippen LogP contribution in [0.2, 0.25) is 0 Å². The number of nitrogens with one attached hydrogen (secondary N) is 3. The number of aryl methyl sites for hydroxylation is 2. The quantitative estimate of drug-likeness (QED) is 0.467. The Balaban J connectivity index is 1.79. The van der Waals surface area contributed by atoms with Crippen LogP contribution in [0.3, 0.4) is 0 Å². The average molecular weight is 390 g/mol. The maximum absolute atomic E-state index is 12.9. The molecule has 0 bridgehead atoms. The highest BCUT2D eigenvalue weighted by molar-refractivity contribution is 5.90. The lowest BCUT2D eigenvalue weighted by Crippen LogP contribution is -2.17. The van der Waals surface area contributed by atoms with Gasteiger partial charge in [0.25, 0.3) is 5.56 Å². The zero-order chi connectivity index (χ0) is 20.7. The number of nitrogens with zero attached hydrogens (tertiary/aromatic N) is 3. The van der Waals surface area contributed by atoms with E-state index in [1.54, 1.807) is 12.3 Å². The van der Waals surface area contributed by atoms with Gasteiger partial charge in [0.15, 0.2) is 0 Å². The molecule has 0 aliphatic heterocycles. The molecule has 2 aromatic carbocycles. The second-order valence-electron chi connectivity index (χ2n) is 7.25. The van der Waals surface area contributed by atoms with Crippen LogP contribution in [0.5, 0.6) is 0 Å². The molecule has 2 heterocycles. The molecule has 0 unspecified atom stereocenters. The monoisotopic (exact) mass is 390 g/mol. The van der Waals surface area contributed by atoms with Crippen LogP contribution < -0.4 is 16.1 Å². The van der Waals surface area contributed by atoms with Gasteiger partial charge < -0.3 is 14.9 Å². The average Bonchev–Trinajstić information content (AvgIpc) is 3.17. The summed E-state index contributed by atoms with van der Waals surface area (Å²) in [4.78, 5) is 36.5. The van der Waals surface area contributed by atoms with E-state index in [9.17, 15) is 9.59 Å². The van der Waals surface area contributed by atoms with Gasteiger partial charge in [0.2, 0.25) is 0 Å². The Labute approximate surface area is 166 Å². The number of aliphatic imine (C=N–C) groups is 1. The van der Waals surface area contributed by atoms with Gasteiger partial charge in [-0.15, -0.1) is 0 Å². The summed E-state index contributed by atoms with van der Waals surface area (Å²) in [5.74, 6) is 0. The number of H-pyrrole nitrogens is 3. The molecule has 0 radical (unpaired) electrons. The highest BCUT2D eigenvalue weighted by Gasteiger charge is 2.12. The number of imidazole rings is 1. The molecule has 2 aromatic heterocycles. The molecular weight excluding hydrogens is 368 g/mol.